The number of aromatic nitrogens is 1. The molecule has 0 spiro atoms. The van der Waals surface area contributed by atoms with Gasteiger partial charge in [-0.15, -0.1) is 12.4 Å². The van der Waals surface area contributed by atoms with Crippen LogP contribution in [0.25, 0.3) is 10.9 Å². The van der Waals surface area contributed by atoms with Crippen LogP contribution in [0.5, 0.6) is 0 Å². The van der Waals surface area contributed by atoms with Gasteiger partial charge in [0.05, 0.1) is 0 Å². The van der Waals surface area contributed by atoms with Crippen LogP contribution < -0.4 is 5.56 Å². The molecule has 1 saturated heterocycles. The minimum atomic E-state index is -4.12. The minimum Gasteiger partial charge on any atom is -0.336 e. The van der Waals surface area contributed by atoms with Crippen molar-refractivity contribution in [2.24, 2.45) is 0 Å². The highest BCUT2D eigenvalue weighted by Crippen LogP contribution is 2.28. The van der Waals surface area contributed by atoms with E-state index in [9.17, 15) is 22.8 Å². The maximum Gasteiger partial charge on any atom is 0.389 e. The minimum absolute atomic E-state index is 0. The molecule has 4 rings (SSSR count). The van der Waals surface area contributed by atoms with E-state index in [0.717, 1.165) is 34.2 Å². The molecular weight excluding hydrogens is 451 g/mol. The molecule has 0 unspecified atom stereocenters. The van der Waals surface area contributed by atoms with Gasteiger partial charge in [0, 0.05) is 60.4 Å². The molecule has 0 bridgehead atoms. The molecule has 0 radical (unpaired) electrons. The number of amides is 1. The number of rotatable bonds is 4. The number of benzene rings is 1. The third kappa shape index (κ3) is 5.56. The summed E-state index contributed by atoms with van der Waals surface area (Å²) in [5.41, 5.74) is 3.12. The van der Waals surface area contributed by atoms with Crippen LogP contribution in [0.4, 0.5) is 13.2 Å². The molecular formula is C21H25ClF3N3O2S. The van der Waals surface area contributed by atoms with E-state index >= 15 is 0 Å². The van der Waals surface area contributed by atoms with E-state index < -0.39 is 12.6 Å². The second-order valence-corrected chi connectivity index (χ2v) is 8.93. The number of aromatic amines is 1. The number of thioether (sulfide) groups is 1. The molecule has 170 valence electrons. The van der Waals surface area contributed by atoms with Crippen LogP contribution in [0.1, 0.15) is 34.3 Å². The molecule has 0 atom stereocenters. The lowest BCUT2D eigenvalue weighted by atomic mass is 9.99. The fourth-order valence-electron chi connectivity index (χ4n) is 4.18. The molecule has 2 aliphatic heterocycles. The number of hydrogen-bond acceptors (Lipinski definition) is 4. The van der Waals surface area contributed by atoms with Gasteiger partial charge < -0.3 is 9.88 Å². The SMILES string of the molecule is Cl.O=C(c1ccc2[nH]c(=O)c3c(c2c1)CCSC3)N1CCN(CCCC(F)(F)F)CC1. The Morgan fingerprint density at radius 2 is 1.87 bits per heavy atom. The second kappa shape index (κ2) is 9.83. The van der Waals surface area contributed by atoms with Crippen molar-refractivity contribution in [2.45, 2.75) is 31.2 Å². The van der Waals surface area contributed by atoms with Crippen molar-refractivity contribution >= 4 is 41.0 Å². The highest BCUT2D eigenvalue weighted by atomic mass is 35.5. The number of halogens is 4. The lowest BCUT2D eigenvalue weighted by molar-refractivity contribution is -0.136. The Hall–Kier alpha value is -1.71. The topological polar surface area (TPSA) is 56.4 Å². The largest absolute Gasteiger partial charge is 0.389 e. The highest BCUT2D eigenvalue weighted by molar-refractivity contribution is 7.98. The second-order valence-electron chi connectivity index (χ2n) is 7.83. The van der Waals surface area contributed by atoms with Crippen LogP contribution in [0.15, 0.2) is 23.0 Å². The zero-order valence-electron chi connectivity index (χ0n) is 17.0. The van der Waals surface area contributed by atoms with E-state index in [1.807, 2.05) is 11.0 Å². The summed E-state index contributed by atoms with van der Waals surface area (Å²) < 4.78 is 36.9. The van der Waals surface area contributed by atoms with Crippen molar-refractivity contribution in [1.82, 2.24) is 14.8 Å². The van der Waals surface area contributed by atoms with Crippen molar-refractivity contribution in [3.63, 3.8) is 0 Å². The third-order valence-corrected chi connectivity index (χ3v) is 6.80. The van der Waals surface area contributed by atoms with Gasteiger partial charge in [0.2, 0.25) is 0 Å². The Labute approximate surface area is 188 Å². The van der Waals surface area contributed by atoms with E-state index in [1.165, 1.54) is 0 Å². The monoisotopic (exact) mass is 475 g/mol. The van der Waals surface area contributed by atoms with E-state index in [4.69, 9.17) is 0 Å². The molecule has 0 aliphatic carbocycles. The molecule has 10 heteroatoms. The number of H-pyrrole nitrogens is 1. The van der Waals surface area contributed by atoms with Crippen LogP contribution >= 0.6 is 24.2 Å². The van der Waals surface area contributed by atoms with Gasteiger partial charge in [-0.05, 0) is 48.9 Å². The summed E-state index contributed by atoms with van der Waals surface area (Å²) in [5.74, 6) is 1.58. The van der Waals surface area contributed by atoms with Crippen molar-refractivity contribution < 1.29 is 18.0 Å². The summed E-state index contributed by atoms with van der Waals surface area (Å²) in [7, 11) is 0. The first kappa shape index (κ1) is 23.9. The number of fused-ring (bicyclic) bond motifs is 3. The Bertz CT molecular complexity index is 1000. The number of aryl methyl sites for hydroxylation is 1. The average Bonchev–Trinajstić information content (AvgIpc) is 2.73. The molecule has 5 nitrogen and oxygen atoms in total. The molecule has 3 heterocycles. The van der Waals surface area contributed by atoms with Gasteiger partial charge >= 0.3 is 6.18 Å². The van der Waals surface area contributed by atoms with Gasteiger partial charge in [-0.3, -0.25) is 14.5 Å². The fraction of sp³-hybridized carbons (Fsp3) is 0.524. The third-order valence-electron chi connectivity index (χ3n) is 5.82. The zero-order valence-corrected chi connectivity index (χ0v) is 18.6. The van der Waals surface area contributed by atoms with Gasteiger partial charge in [0.25, 0.3) is 11.5 Å². The van der Waals surface area contributed by atoms with E-state index in [0.29, 0.717) is 44.0 Å². The van der Waals surface area contributed by atoms with Gasteiger partial charge in [0.15, 0.2) is 0 Å². The Morgan fingerprint density at radius 1 is 1.13 bits per heavy atom. The van der Waals surface area contributed by atoms with Gasteiger partial charge in [-0.1, -0.05) is 0 Å². The number of alkyl halides is 3. The molecule has 1 aromatic carbocycles. The first-order valence-electron chi connectivity index (χ1n) is 10.2. The van der Waals surface area contributed by atoms with Crippen molar-refractivity contribution in [1.29, 1.82) is 0 Å². The summed E-state index contributed by atoms with van der Waals surface area (Å²) in [6.45, 7) is 2.57. The Morgan fingerprint density at radius 3 is 2.58 bits per heavy atom. The van der Waals surface area contributed by atoms with Crippen LogP contribution in [-0.4, -0.2) is 65.3 Å². The summed E-state index contributed by atoms with van der Waals surface area (Å²) in [6.07, 6.45) is -3.98. The van der Waals surface area contributed by atoms with Crippen LogP contribution in [0.3, 0.4) is 0 Å². The van der Waals surface area contributed by atoms with E-state index in [1.54, 1.807) is 28.8 Å². The number of hydrogen-bond donors (Lipinski definition) is 1. The number of carbonyl (C=O) groups is 1. The molecule has 2 aromatic rings. The van der Waals surface area contributed by atoms with E-state index in [2.05, 4.69) is 4.98 Å². The quantitative estimate of drug-likeness (QED) is 0.730. The maximum atomic E-state index is 13.0. The smallest absolute Gasteiger partial charge is 0.336 e. The normalized spacial score (nSPS) is 17.3. The molecule has 31 heavy (non-hydrogen) atoms. The van der Waals surface area contributed by atoms with Crippen molar-refractivity contribution in [3.05, 3.63) is 45.2 Å². The lowest BCUT2D eigenvalue weighted by Crippen LogP contribution is -2.48. The molecule has 1 N–H and O–H groups in total. The van der Waals surface area contributed by atoms with Gasteiger partial charge in [0.1, 0.15) is 0 Å². The van der Waals surface area contributed by atoms with E-state index in [-0.39, 0.29) is 30.3 Å². The van der Waals surface area contributed by atoms with Crippen molar-refractivity contribution in [3.8, 4) is 0 Å². The average molecular weight is 476 g/mol. The van der Waals surface area contributed by atoms with Crippen molar-refractivity contribution in [2.75, 3.05) is 38.5 Å². The summed E-state index contributed by atoms with van der Waals surface area (Å²) >= 11 is 1.74. The summed E-state index contributed by atoms with van der Waals surface area (Å²) in [5, 5.41) is 0.932. The molecule has 0 saturated carbocycles. The lowest BCUT2D eigenvalue weighted by Gasteiger charge is -2.35. The first-order chi connectivity index (χ1) is 14.3. The summed E-state index contributed by atoms with van der Waals surface area (Å²) in [4.78, 5) is 32.0. The summed E-state index contributed by atoms with van der Waals surface area (Å²) in [6, 6.07) is 5.40. The number of nitrogens with zero attached hydrogens (tertiary/aromatic N) is 2. The number of nitrogens with one attached hydrogen (secondary N) is 1. The van der Waals surface area contributed by atoms with Gasteiger partial charge in [-0.2, -0.15) is 24.9 Å². The predicted molar refractivity (Wildman–Crippen MR) is 119 cm³/mol. The molecule has 2 aliphatic rings. The standard InChI is InChI=1S/C21H24F3N3O2S.ClH/c22-21(23,24)5-1-6-26-7-9-27(10-8-26)20(29)14-2-3-18-16(12-14)15-4-11-30-13-17(15)19(28)25-18;/h2-3,12H,1,4-11,13H2,(H,25,28);1H. The Balaban J connectivity index is 0.00000272. The van der Waals surface area contributed by atoms with Crippen LogP contribution in [0, 0.1) is 0 Å². The maximum absolute atomic E-state index is 13.0. The highest BCUT2D eigenvalue weighted by Gasteiger charge is 2.28. The number of piperazine rings is 1. The number of pyridine rings is 1. The van der Waals surface area contributed by atoms with Crippen LogP contribution in [0.2, 0.25) is 0 Å². The number of carbonyl (C=O) groups excluding carboxylic acids is 1. The predicted octanol–water partition coefficient (Wildman–Crippen LogP) is 3.84. The molecule has 1 aromatic heterocycles. The molecule has 1 fully saturated rings. The Kier molecular flexibility index (Phi) is 7.59. The fourth-order valence-corrected chi connectivity index (χ4v) is 5.18. The van der Waals surface area contributed by atoms with Crippen LogP contribution in [-0.2, 0) is 12.2 Å². The zero-order chi connectivity index (χ0) is 21.3. The molecule has 1 amide bonds. The first-order valence-corrected chi connectivity index (χ1v) is 11.3. The van der Waals surface area contributed by atoms with Gasteiger partial charge in [-0.25, -0.2) is 0 Å².